The fraction of sp³-hybridized carbons (Fsp3) is 0.348. The summed E-state index contributed by atoms with van der Waals surface area (Å²) in [5.74, 6) is -0.807. The Hall–Kier alpha value is -3.19. The molecule has 0 spiro atoms. The summed E-state index contributed by atoms with van der Waals surface area (Å²) in [4.78, 5) is 31.5. The van der Waals surface area contributed by atoms with Gasteiger partial charge in [-0.3, -0.25) is 14.6 Å². The van der Waals surface area contributed by atoms with Crippen molar-refractivity contribution in [2.75, 3.05) is 19.8 Å². The Balaban J connectivity index is 1.77. The molecule has 156 valence electrons. The first-order valence-corrected chi connectivity index (χ1v) is 10.0. The standard InChI is InChI=1S/C23H24N2O5/c1-14(2)29-12-10-25-20(17-5-3-4-9-24-17)19(22(27)23(25)28)21(26)16-6-7-18-15(13-16)8-11-30-18/h3-7,9,13-14,20,26H,8,10-12H2,1-2H3/b21-19-. The third-order valence-electron chi connectivity index (χ3n) is 5.25. The maximum Gasteiger partial charge on any atom is 0.295 e. The highest BCUT2D eigenvalue weighted by atomic mass is 16.5. The minimum atomic E-state index is -0.772. The largest absolute Gasteiger partial charge is 0.507 e. The summed E-state index contributed by atoms with van der Waals surface area (Å²) in [5.41, 5.74) is 2.01. The van der Waals surface area contributed by atoms with Crippen LogP contribution >= 0.6 is 0 Å². The van der Waals surface area contributed by atoms with Gasteiger partial charge in [0.25, 0.3) is 11.7 Å². The van der Waals surface area contributed by atoms with Crippen molar-refractivity contribution < 1.29 is 24.2 Å². The number of fused-ring (bicyclic) bond motifs is 1. The number of rotatable bonds is 6. The quantitative estimate of drug-likeness (QED) is 0.449. The van der Waals surface area contributed by atoms with E-state index >= 15 is 0 Å². The molecule has 7 heteroatoms. The van der Waals surface area contributed by atoms with E-state index in [1.54, 1.807) is 36.5 Å². The first-order valence-electron chi connectivity index (χ1n) is 10.0. The summed E-state index contributed by atoms with van der Waals surface area (Å²) >= 11 is 0. The number of amides is 1. The van der Waals surface area contributed by atoms with Crippen molar-refractivity contribution in [1.29, 1.82) is 0 Å². The number of pyridine rings is 1. The van der Waals surface area contributed by atoms with E-state index in [2.05, 4.69) is 4.98 Å². The van der Waals surface area contributed by atoms with Crippen LogP contribution in [-0.2, 0) is 20.7 Å². The van der Waals surface area contributed by atoms with Crippen LogP contribution in [0.4, 0.5) is 0 Å². The maximum absolute atomic E-state index is 12.9. The number of hydrogen-bond acceptors (Lipinski definition) is 6. The third-order valence-corrected chi connectivity index (χ3v) is 5.25. The molecule has 1 unspecified atom stereocenters. The van der Waals surface area contributed by atoms with E-state index < -0.39 is 17.7 Å². The molecule has 0 aliphatic carbocycles. The molecular weight excluding hydrogens is 384 g/mol. The summed E-state index contributed by atoms with van der Waals surface area (Å²) in [6.45, 7) is 4.90. The van der Waals surface area contributed by atoms with Crippen LogP contribution in [0.3, 0.4) is 0 Å². The van der Waals surface area contributed by atoms with Crippen molar-refractivity contribution in [2.24, 2.45) is 0 Å². The van der Waals surface area contributed by atoms with Gasteiger partial charge in [-0.15, -0.1) is 0 Å². The number of ether oxygens (including phenoxy) is 2. The topological polar surface area (TPSA) is 89.0 Å². The van der Waals surface area contributed by atoms with E-state index in [-0.39, 0.29) is 30.6 Å². The summed E-state index contributed by atoms with van der Waals surface area (Å²) < 4.78 is 11.1. The van der Waals surface area contributed by atoms with Gasteiger partial charge in [0, 0.05) is 24.7 Å². The lowest BCUT2D eigenvalue weighted by Crippen LogP contribution is -2.33. The molecule has 3 heterocycles. The van der Waals surface area contributed by atoms with E-state index in [9.17, 15) is 14.7 Å². The molecular formula is C23H24N2O5. The summed E-state index contributed by atoms with van der Waals surface area (Å²) in [5, 5.41) is 11.1. The lowest BCUT2D eigenvalue weighted by Gasteiger charge is -2.24. The van der Waals surface area contributed by atoms with Crippen LogP contribution in [0.15, 0.2) is 48.2 Å². The van der Waals surface area contributed by atoms with Crippen LogP contribution in [0.5, 0.6) is 5.75 Å². The van der Waals surface area contributed by atoms with Gasteiger partial charge >= 0.3 is 0 Å². The molecule has 30 heavy (non-hydrogen) atoms. The Labute approximate surface area is 174 Å². The fourth-order valence-corrected chi connectivity index (χ4v) is 3.83. The Morgan fingerprint density at radius 3 is 2.87 bits per heavy atom. The first-order chi connectivity index (χ1) is 14.5. The number of ketones is 1. The van der Waals surface area contributed by atoms with Crippen LogP contribution < -0.4 is 4.74 Å². The monoisotopic (exact) mass is 408 g/mol. The SMILES string of the molecule is CC(C)OCCN1C(=O)C(=O)/C(=C(\O)c2ccc3c(c2)CCO3)C1c1ccccn1. The van der Waals surface area contributed by atoms with Crippen LogP contribution in [-0.4, -0.2) is 52.5 Å². The second-order valence-electron chi connectivity index (χ2n) is 7.59. The molecule has 1 aromatic heterocycles. The van der Waals surface area contributed by atoms with Crippen molar-refractivity contribution in [3.8, 4) is 5.75 Å². The van der Waals surface area contributed by atoms with Crippen LogP contribution in [0.2, 0.25) is 0 Å². The van der Waals surface area contributed by atoms with Gasteiger partial charge in [-0.1, -0.05) is 6.07 Å². The molecule has 2 aromatic rings. The van der Waals surface area contributed by atoms with Crippen molar-refractivity contribution in [3.05, 3.63) is 65.0 Å². The van der Waals surface area contributed by atoms with Gasteiger partial charge in [-0.05, 0) is 49.7 Å². The number of aliphatic hydroxyl groups excluding tert-OH is 1. The van der Waals surface area contributed by atoms with E-state index in [0.29, 0.717) is 17.9 Å². The molecule has 1 aromatic carbocycles. The van der Waals surface area contributed by atoms with E-state index in [1.807, 2.05) is 19.9 Å². The predicted octanol–water partition coefficient (Wildman–Crippen LogP) is 2.86. The molecule has 2 aliphatic heterocycles. The summed E-state index contributed by atoms with van der Waals surface area (Å²) in [6, 6.07) is 9.81. The van der Waals surface area contributed by atoms with Crippen LogP contribution in [0.25, 0.3) is 5.76 Å². The van der Waals surface area contributed by atoms with E-state index in [1.165, 1.54) is 4.90 Å². The molecule has 1 N–H and O–H groups in total. The minimum absolute atomic E-state index is 0.00348. The van der Waals surface area contributed by atoms with Gasteiger partial charge in [-0.25, -0.2) is 0 Å². The Morgan fingerprint density at radius 2 is 2.13 bits per heavy atom. The van der Waals surface area contributed by atoms with Gasteiger partial charge in [0.15, 0.2) is 0 Å². The molecule has 0 bridgehead atoms. The minimum Gasteiger partial charge on any atom is -0.507 e. The highest BCUT2D eigenvalue weighted by molar-refractivity contribution is 6.46. The zero-order valence-corrected chi connectivity index (χ0v) is 17.0. The van der Waals surface area contributed by atoms with Crippen molar-refractivity contribution in [2.45, 2.75) is 32.4 Å². The van der Waals surface area contributed by atoms with Crippen molar-refractivity contribution >= 4 is 17.4 Å². The van der Waals surface area contributed by atoms with Gasteiger partial charge in [0.1, 0.15) is 17.6 Å². The van der Waals surface area contributed by atoms with E-state index in [0.717, 1.165) is 17.7 Å². The number of aromatic nitrogens is 1. The average molecular weight is 408 g/mol. The second-order valence-corrected chi connectivity index (χ2v) is 7.59. The molecule has 1 fully saturated rings. The molecule has 1 atom stereocenters. The van der Waals surface area contributed by atoms with Gasteiger partial charge in [0.05, 0.1) is 30.6 Å². The molecule has 2 aliphatic rings. The molecule has 4 rings (SSSR count). The zero-order valence-electron chi connectivity index (χ0n) is 17.0. The summed E-state index contributed by atoms with van der Waals surface area (Å²) in [7, 11) is 0. The lowest BCUT2D eigenvalue weighted by molar-refractivity contribution is -0.140. The number of likely N-dealkylation sites (tertiary alicyclic amines) is 1. The fourth-order valence-electron chi connectivity index (χ4n) is 3.83. The molecule has 1 amide bonds. The average Bonchev–Trinajstić information content (AvgIpc) is 3.31. The summed E-state index contributed by atoms with van der Waals surface area (Å²) in [6.07, 6.45) is 2.34. The van der Waals surface area contributed by atoms with Gasteiger partial charge in [-0.2, -0.15) is 0 Å². The third kappa shape index (κ3) is 3.68. The van der Waals surface area contributed by atoms with Crippen LogP contribution in [0.1, 0.15) is 36.7 Å². The Kier molecular flexibility index (Phi) is 5.55. The number of aliphatic hydroxyl groups is 1. The number of hydrogen-bond donors (Lipinski definition) is 1. The predicted molar refractivity (Wildman–Crippen MR) is 110 cm³/mol. The van der Waals surface area contributed by atoms with Gasteiger partial charge < -0.3 is 19.5 Å². The Morgan fingerprint density at radius 1 is 1.30 bits per heavy atom. The molecule has 0 radical (unpaired) electrons. The van der Waals surface area contributed by atoms with Crippen molar-refractivity contribution in [3.63, 3.8) is 0 Å². The number of carbonyl (C=O) groups excluding carboxylic acids is 2. The van der Waals surface area contributed by atoms with Crippen LogP contribution in [0, 0.1) is 0 Å². The van der Waals surface area contributed by atoms with Crippen molar-refractivity contribution in [1.82, 2.24) is 9.88 Å². The lowest BCUT2D eigenvalue weighted by atomic mass is 9.97. The maximum atomic E-state index is 12.9. The number of benzene rings is 1. The zero-order chi connectivity index (χ0) is 21.3. The normalized spacial score (nSPS) is 20.0. The number of carbonyl (C=O) groups is 2. The highest BCUT2D eigenvalue weighted by Gasteiger charge is 2.46. The van der Waals surface area contributed by atoms with E-state index in [4.69, 9.17) is 9.47 Å². The first kappa shape index (κ1) is 20.1. The second kappa shape index (κ2) is 8.28. The Bertz CT molecular complexity index is 1000. The smallest absolute Gasteiger partial charge is 0.295 e. The molecule has 7 nitrogen and oxygen atoms in total. The molecule has 1 saturated heterocycles. The number of nitrogens with zero attached hydrogens (tertiary/aromatic N) is 2. The van der Waals surface area contributed by atoms with Gasteiger partial charge in [0.2, 0.25) is 0 Å². The molecule has 0 saturated carbocycles. The number of Topliss-reactive ketones (excluding diaryl/α,β-unsaturated/α-hetero) is 1. The highest BCUT2D eigenvalue weighted by Crippen LogP contribution is 2.39.